The smallest absolute Gasteiger partial charge is 0.234 e. The molecule has 3 amide bonds. The van der Waals surface area contributed by atoms with E-state index in [2.05, 4.69) is 10.2 Å². The molecule has 1 saturated heterocycles. The Morgan fingerprint density at radius 3 is 2.48 bits per heavy atom. The average Bonchev–Trinajstić information content (AvgIpc) is 2.76. The summed E-state index contributed by atoms with van der Waals surface area (Å²) in [6.45, 7) is 6.59. The van der Waals surface area contributed by atoms with Crippen molar-refractivity contribution < 1.29 is 19.1 Å². The summed E-state index contributed by atoms with van der Waals surface area (Å²) in [4.78, 5) is 42.6. The highest BCUT2D eigenvalue weighted by molar-refractivity contribution is 5.97. The van der Waals surface area contributed by atoms with Crippen molar-refractivity contribution in [2.45, 2.75) is 26.2 Å². The van der Waals surface area contributed by atoms with Crippen LogP contribution in [0, 0.1) is 0 Å². The summed E-state index contributed by atoms with van der Waals surface area (Å²) in [6, 6.07) is 7.47. The molecule has 2 aliphatic rings. The minimum Gasteiger partial charge on any atom is -0.490 e. The average molecular weight is 402 g/mol. The van der Waals surface area contributed by atoms with Crippen LogP contribution in [0.3, 0.4) is 0 Å². The maximum Gasteiger partial charge on any atom is 0.234 e. The number of nitrogens with zero attached hydrogens (tertiary/aromatic N) is 3. The van der Waals surface area contributed by atoms with E-state index >= 15 is 0 Å². The Hall–Kier alpha value is -2.61. The van der Waals surface area contributed by atoms with E-state index in [1.807, 2.05) is 31.2 Å². The lowest BCUT2D eigenvalue weighted by atomic mass is 10.2. The third-order valence-electron chi connectivity index (χ3n) is 5.25. The van der Waals surface area contributed by atoms with Gasteiger partial charge in [0.15, 0.2) is 0 Å². The zero-order chi connectivity index (χ0) is 20.6. The van der Waals surface area contributed by atoms with Gasteiger partial charge in [-0.2, -0.15) is 0 Å². The zero-order valence-electron chi connectivity index (χ0n) is 17.1. The van der Waals surface area contributed by atoms with E-state index in [0.29, 0.717) is 58.2 Å². The number of ether oxygens (including phenoxy) is 1. The van der Waals surface area contributed by atoms with Crippen LogP contribution in [0.25, 0.3) is 0 Å². The van der Waals surface area contributed by atoms with Crippen molar-refractivity contribution in [2.75, 3.05) is 57.3 Å². The number of nitrogens with one attached hydrogen (secondary N) is 1. The number of carbonyl (C=O) groups excluding carboxylic acids is 3. The van der Waals surface area contributed by atoms with Crippen LogP contribution < -0.4 is 15.0 Å². The van der Waals surface area contributed by atoms with Crippen LogP contribution in [0.2, 0.25) is 0 Å². The maximum atomic E-state index is 12.7. The van der Waals surface area contributed by atoms with Crippen LogP contribution in [0.15, 0.2) is 24.3 Å². The summed E-state index contributed by atoms with van der Waals surface area (Å²) >= 11 is 0. The molecule has 1 aromatic rings. The summed E-state index contributed by atoms with van der Waals surface area (Å²) in [5.74, 6) is 0.677. The lowest BCUT2D eigenvalue weighted by Gasteiger charge is -2.34. The van der Waals surface area contributed by atoms with Crippen LogP contribution in [0.5, 0.6) is 5.75 Å². The first-order valence-electron chi connectivity index (χ1n) is 10.4. The molecule has 0 aliphatic carbocycles. The second-order valence-electron chi connectivity index (χ2n) is 7.37. The summed E-state index contributed by atoms with van der Waals surface area (Å²) in [5, 5.41) is 2.87. The number of hydrogen-bond acceptors (Lipinski definition) is 5. The molecule has 0 radical (unpaired) electrons. The van der Waals surface area contributed by atoms with Crippen molar-refractivity contribution in [1.29, 1.82) is 0 Å². The van der Waals surface area contributed by atoms with Gasteiger partial charge in [0.25, 0.3) is 0 Å². The lowest BCUT2D eigenvalue weighted by molar-refractivity contribution is -0.135. The first kappa shape index (κ1) is 21.1. The molecule has 8 nitrogen and oxygen atoms in total. The molecule has 2 aliphatic heterocycles. The third kappa shape index (κ3) is 5.69. The van der Waals surface area contributed by atoms with Crippen molar-refractivity contribution in [3.63, 3.8) is 0 Å². The van der Waals surface area contributed by atoms with Gasteiger partial charge in [0.1, 0.15) is 12.4 Å². The Balaban J connectivity index is 1.42. The van der Waals surface area contributed by atoms with Crippen molar-refractivity contribution >= 4 is 23.4 Å². The summed E-state index contributed by atoms with van der Waals surface area (Å²) < 4.78 is 5.58. The molecular weight excluding hydrogens is 372 g/mol. The van der Waals surface area contributed by atoms with Crippen molar-refractivity contribution in [2.24, 2.45) is 0 Å². The fourth-order valence-electron chi connectivity index (χ4n) is 3.61. The number of benzene rings is 1. The largest absolute Gasteiger partial charge is 0.490 e. The van der Waals surface area contributed by atoms with Gasteiger partial charge in [0.2, 0.25) is 17.7 Å². The minimum atomic E-state index is -0.0552. The van der Waals surface area contributed by atoms with Crippen LogP contribution in [0.4, 0.5) is 5.69 Å². The summed E-state index contributed by atoms with van der Waals surface area (Å²) in [7, 11) is 0. The standard InChI is InChI=1S/C21H30N4O4/c1-2-9-22-19(26)16-23-10-12-24(13-11-23)20(27)7-8-21(28)25-14-15-29-18-6-4-3-5-17(18)25/h3-6H,2,7-16H2,1H3,(H,22,26). The van der Waals surface area contributed by atoms with Crippen molar-refractivity contribution in [3.05, 3.63) is 24.3 Å². The highest BCUT2D eigenvalue weighted by atomic mass is 16.5. The van der Waals surface area contributed by atoms with Gasteiger partial charge in [-0.05, 0) is 18.6 Å². The maximum absolute atomic E-state index is 12.7. The molecule has 8 heteroatoms. The van der Waals surface area contributed by atoms with Crippen LogP contribution in [-0.2, 0) is 14.4 Å². The van der Waals surface area contributed by atoms with E-state index in [0.717, 1.165) is 12.1 Å². The van der Waals surface area contributed by atoms with Crippen LogP contribution in [0.1, 0.15) is 26.2 Å². The Labute approximate surface area is 171 Å². The highest BCUT2D eigenvalue weighted by Crippen LogP contribution is 2.31. The van der Waals surface area contributed by atoms with Gasteiger partial charge < -0.3 is 19.9 Å². The molecule has 1 fully saturated rings. The third-order valence-corrected chi connectivity index (χ3v) is 5.25. The Morgan fingerprint density at radius 2 is 1.72 bits per heavy atom. The van der Waals surface area contributed by atoms with Crippen LogP contribution >= 0.6 is 0 Å². The Kier molecular flexibility index (Phi) is 7.46. The number of anilines is 1. The number of hydrogen-bond donors (Lipinski definition) is 1. The monoisotopic (exact) mass is 402 g/mol. The molecule has 1 aromatic carbocycles. The molecule has 3 rings (SSSR count). The van der Waals surface area contributed by atoms with Gasteiger partial charge in [0, 0.05) is 45.6 Å². The number of rotatable bonds is 7. The van der Waals surface area contributed by atoms with E-state index in [-0.39, 0.29) is 30.6 Å². The summed E-state index contributed by atoms with van der Waals surface area (Å²) in [6.07, 6.45) is 1.31. The fraction of sp³-hybridized carbons (Fsp3) is 0.571. The van der Waals surface area contributed by atoms with Crippen molar-refractivity contribution in [1.82, 2.24) is 15.1 Å². The number of piperazine rings is 1. The molecule has 158 valence electrons. The molecule has 0 unspecified atom stereocenters. The normalized spacial score (nSPS) is 16.7. The highest BCUT2D eigenvalue weighted by Gasteiger charge is 2.26. The molecule has 0 spiro atoms. The molecule has 29 heavy (non-hydrogen) atoms. The van der Waals surface area contributed by atoms with Gasteiger partial charge in [-0.15, -0.1) is 0 Å². The lowest BCUT2D eigenvalue weighted by Crippen LogP contribution is -2.51. The van der Waals surface area contributed by atoms with E-state index in [1.165, 1.54) is 0 Å². The first-order valence-corrected chi connectivity index (χ1v) is 10.4. The van der Waals surface area contributed by atoms with Gasteiger partial charge in [-0.1, -0.05) is 19.1 Å². The van der Waals surface area contributed by atoms with Gasteiger partial charge in [-0.3, -0.25) is 19.3 Å². The topological polar surface area (TPSA) is 82.2 Å². The molecular formula is C21H30N4O4. The fourth-order valence-corrected chi connectivity index (χ4v) is 3.61. The molecule has 0 aromatic heterocycles. The summed E-state index contributed by atoms with van der Waals surface area (Å²) in [5.41, 5.74) is 0.770. The number of para-hydroxylation sites is 2. The number of carbonyl (C=O) groups is 3. The molecule has 1 N–H and O–H groups in total. The van der Waals surface area contributed by atoms with Gasteiger partial charge in [-0.25, -0.2) is 0 Å². The second kappa shape index (κ2) is 10.2. The van der Waals surface area contributed by atoms with Gasteiger partial charge >= 0.3 is 0 Å². The van der Waals surface area contributed by atoms with Gasteiger partial charge in [0.05, 0.1) is 18.8 Å². The number of fused-ring (bicyclic) bond motifs is 1. The predicted octanol–water partition coefficient (Wildman–Crippen LogP) is 0.863. The SMILES string of the molecule is CCCNC(=O)CN1CCN(C(=O)CCC(=O)N2CCOc3ccccc32)CC1. The van der Waals surface area contributed by atoms with Crippen molar-refractivity contribution in [3.8, 4) is 5.75 Å². The van der Waals surface area contributed by atoms with E-state index in [9.17, 15) is 14.4 Å². The van der Waals surface area contributed by atoms with E-state index in [4.69, 9.17) is 4.74 Å². The van der Waals surface area contributed by atoms with E-state index < -0.39 is 0 Å². The quantitative estimate of drug-likeness (QED) is 0.732. The Bertz CT molecular complexity index is 731. The Morgan fingerprint density at radius 1 is 1.00 bits per heavy atom. The molecule has 0 bridgehead atoms. The zero-order valence-corrected chi connectivity index (χ0v) is 17.1. The second-order valence-corrected chi connectivity index (χ2v) is 7.37. The number of amides is 3. The first-order chi connectivity index (χ1) is 14.1. The molecule has 2 heterocycles. The minimum absolute atomic E-state index is 0.00465. The molecule has 0 saturated carbocycles. The van der Waals surface area contributed by atoms with E-state index in [1.54, 1.807) is 9.80 Å². The molecule has 0 atom stereocenters. The predicted molar refractivity (Wildman–Crippen MR) is 110 cm³/mol. The van der Waals surface area contributed by atoms with Crippen LogP contribution in [-0.4, -0.2) is 79.9 Å².